The number of nitrogens with zero attached hydrogens (tertiary/aromatic N) is 2. The van der Waals surface area contributed by atoms with Crippen LogP contribution in [0.3, 0.4) is 0 Å². The lowest BCUT2D eigenvalue weighted by molar-refractivity contribution is 0.506. The minimum Gasteiger partial charge on any atom is -0.381 e. The van der Waals surface area contributed by atoms with Crippen molar-refractivity contribution in [3.63, 3.8) is 0 Å². The number of hydrogen-bond acceptors (Lipinski definition) is 4. The predicted molar refractivity (Wildman–Crippen MR) is 99.1 cm³/mol. The fraction of sp³-hybridized carbons (Fsp3) is 0.350. The molecule has 1 saturated heterocycles. The van der Waals surface area contributed by atoms with Crippen LogP contribution >= 0.6 is 0 Å². The highest BCUT2D eigenvalue weighted by Gasteiger charge is 2.17. The summed E-state index contributed by atoms with van der Waals surface area (Å²) in [5.74, 6) is 0. The Morgan fingerprint density at radius 3 is 2.75 bits per heavy atom. The highest BCUT2D eigenvalue weighted by Crippen LogP contribution is 2.23. The van der Waals surface area contributed by atoms with Gasteiger partial charge in [-0.25, -0.2) is 0 Å². The second kappa shape index (κ2) is 7.37. The summed E-state index contributed by atoms with van der Waals surface area (Å²) in [4.78, 5) is 2.32. The van der Waals surface area contributed by atoms with Crippen molar-refractivity contribution in [1.82, 2.24) is 0 Å². The van der Waals surface area contributed by atoms with E-state index >= 15 is 0 Å². The number of nitriles is 1. The molecule has 1 atom stereocenters. The Bertz CT molecular complexity index is 730. The number of piperidine rings is 1. The molecule has 0 aromatic heterocycles. The second-order valence-electron chi connectivity index (χ2n) is 6.52. The van der Waals surface area contributed by atoms with Crippen LogP contribution in [0.2, 0.25) is 0 Å². The van der Waals surface area contributed by atoms with E-state index in [2.05, 4.69) is 53.5 Å². The first-order chi connectivity index (χ1) is 11.7. The van der Waals surface area contributed by atoms with E-state index in [-0.39, 0.29) is 6.04 Å². The quantitative estimate of drug-likeness (QED) is 0.906. The van der Waals surface area contributed by atoms with E-state index < -0.39 is 0 Å². The molecule has 3 rings (SSSR count). The molecule has 3 N–H and O–H groups in total. The van der Waals surface area contributed by atoms with Gasteiger partial charge in [0, 0.05) is 37.1 Å². The van der Waals surface area contributed by atoms with Crippen LogP contribution in [0.15, 0.2) is 42.5 Å². The SMILES string of the molecule is Cc1ccc(NCc2cc(N3CCCC(N)C3)ccc2C#N)cc1. The van der Waals surface area contributed by atoms with E-state index in [9.17, 15) is 5.26 Å². The minimum atomic E-state index is 0.239. The molecule has 1 fully saturated rings. The average molecular weight is 320 g/mol. The number of nitrogens with two attached hydrogens (primary N) is 1. The van der Waals surface area contributed by atoms with Gasteiger partial charge in [0.25, 0.3) is 0 Å². The lowest BCUT2D eigenvalue weighted by atomic mass is 10.0. The number of rotatable bonds is 4. The lowest BCUT2D eigenvalue weighted by Gasteiger charge is -2.33. The van der Waals surface area contributed by atoms with Crippen LogP contribution in [0.5, 0.6) is 0 Å². The van der Waals surface area contributed by atoms with Gasteiger partial charge >= 0.3 is 0 Å². The molecule has 4 nitrogen and oxygen atoms in total. The van der Waals surface area contributed by atoms with Gasteiger partial charge in [-0.1, -0.05) is 17.7 Å². The van der Waals surface area contributed by atoms with Gasteiger partial charge in [0.1, 0.15) is 0 Å². The third-order valence-corrected chi connectivity index (χ3v) is 4.57. The van der Waals surface area contributed by atoms with Gasteiger partial charge in [-0.2, -0.15) is 5.26 Å². The Morgan fingerprint density at radius 1 is 1.25 bits per heavy atom. The molecular weight excluding hydrogens is 296 g/mol. The summed E-state index contributed by atoms with van der Waals surface area (Å²) in [6, 6.07) is 16.9. The zero-order chi connectivity index (χ0) is 16.9. The van der Waals surface area contributed by atoms with E-state index in [0.717, 1.165) is 48.4 Å². The van der Waals surface area contributed by atoms with Gasteiger partial charge in [0.2, 0.25) is 0 Å². The Balaban J connectivity index is 1.76. The molecule has 1 aliphatic heterocycles. The number of anilines is 2. The van der Waals surface area contributed by atoms with Gasteiger partial charge in [-0.3, -0.25) is 0 Å². The molecule has 1 aliphatic rings. The summed E-state index contributed by atoms with van der Waals surface area (Å²) >= 11 is 0. The molecule has 0 amide bonds. The molecule has 0 bridgehead atoms. The predicted octanol–water partition coefficient (Wildman–Crippen LogP) is 3.41. The summed E-state index contributed by atoms with van der Waals surface area (Å²) < 4.78 is 0. The molecule has 1 unspecified atom stereocenters. The van der Waals surface area contributed by atoms with Gasteiger partial charge in [0.05, 0.1) is 11.6 Å². The van der Waals surface area contributed by atoms with E-state index in [1.807, 2.05) is 12.1 Å². The largest absolute Gasteiger partial charge is 0.381 e. The third-order valence-electron chi connectivity index (χ3n) is 4.57. The van der Waals surface area contributed by atoms with Crippen LogP contribution in [0, 0.1) is 18.3 Å². The molecular formula is C20H24N4. The molecule has 0 saturated carbocycles. The van der Waals surface area contributed by atoms with Gasteiger partial charge < -0.3 is 16.0 Å². The highest BCUT2D eigenvalue weighted by atomic mass is 15.1. The van der Waals surface area contributed by atoms with Crippen molar-refractivity contribution in [3.05, 3.63) is 59.2 Å². The van der Waals surface area contributed by atoms with Gasteiger partial charge in [0.15, 0.2) is 0 Å². The smallest absolute Gasteiger partial charge is 0.0995 e. The van der Waals surface area contributed by atoms with Crippen LogP contribution in [0.25, 0.3) is 0 Å². The fourth-order valence-electron chi connectivity index (χ4n) is 3.15. The number of hydrogen-bond donors (Lipinski definition) is 2. The lowest BCUT2D eigenvalue weighted by Crippen LogP contribution is -2.42. The number of benzene rings is 2. The van der Waals surface area contributed by atoms with Crippen molar-refractivity contribution in [1.29, 1.82) is 5.26 Å². The van der Waals surface area contributed by atoms with E-state index in [4.69, 9.17) is 5.73 Å². The molecule has 124 valence electrons. The van der Waals surface area contributed by atoms with Gasteiger partial charge in [-0.05, 0) is 55.7 Å². The molecule has 2 aromatic carbocycles. The first-order valence-electron chi connectivity index (χ1n) is 8.50. The first-order valence-corrected chi connectivity index (χ1v) is 8.50. The van der Waals surface area contributed by atoms with Crippen molar-refractivity contribution in [3.8, 4) is 6.07 Å². The van der Waals surface area contributed by atoms with E-state index in [1.165, 1.54) is 5.56 Å². The Morgan fingerprint density at radius 2 is 2.04 bits per heavy atom. The van der Waals surface area contributed by atoms with Crippen LogP contribution in [-0.4, -0.2) is 19.1 Å². The van der Waals surface area contributed by atoms with Crippen LogP contribution in [-0.2, 0) is 6.54 Å². The average Bonchev–Trinajstić information content (AvgIpc) is 2.61. The van der Waals surface area contributed by atoms with Crippen molar-refractivity contribution in [2.45, 2.75) is 32.4 Å². The maximum atomic E-state index is 9.38. The summed E-state index contributed by atoms with van der Waals surface area (Å²) in [6.07, 6.45) is 2.22. The normalized spacial score (nSPS) is 17.4. The van der Waals surface area contributed by atoms with Crippen molar-refractivity contribution in [2.24, 2.45) is 5.73 Å². The summed E-state index contributed by atoms with van der Waals surface area (Å²) in [5.41, 5.74) is 11.3. The Hall–Kier alpha value is -2.51. The molecule has 0 aliphatic carbocycles. The zero-order valence-electron chi connectivity index (χ0n) is 14.1. The molecule has 0 spiro atoms. The monoisotopic (exact) mass is 320 g/mol. The van der Waals surface area contributed by atoms with E-state index in [1.54, 1.807) is 0 Å². The van der Waals surface area contributed by atoms with Crippen molar-refractivity contribution in [2.75, 3.05) is 23.3 Å². The molecule has 0 radical (unpaired) electrons. The first kappa shape index (κ1) is 16.4. The van der Waals surface area contributed by atoms with Crippen LogP contribution < -0.4 is 16.0 Å². The topological polar surface area (TPSA) is 65.1 Å². The second-order valence-corrected chi connectivity index (χ2v) is 6.52. The van der Waals surface area contributed by atoms with Crippen LogP contribution in [0.1, 0.15) is 29.5 Å². The highest BCUT2D eigenvalue weighted by molar-refractivity contribution is 5.55. The summed E-state index contributed by atoms with van der Waals surface area (Å²) in [7, 11) is 0. The van der Waals surface area contributed by atoms with Gasteiger partial charge in [-0.15, -0.1) is 0 Å². The molecule has 1 heterocycles. The maximum absolute atomic E-state index is 9.38. The molecule has 2 aromatic rings. The maximum Gasteiger partial charge on any atom is 0.0995 e. The Labute approximate surface area is 143 Å². The van der Waals surface area contributed by atoms with Crippen LogP contribution in [0.4, 0.5) is 11.4 Å². The molecule has 24 heavy (non-hydrogen) atoms. The third kappa shape index (κ3) is 3.87. The standard InChI is InChI=1S/C20H24N4/c1-15-4-7-19(8-5-15)23-13-17-11-20(9-6-16(17)12-21)24-10-2-3-18(22)14-24/h4-9,11,18,23H,2-3,10,13-14,22H2,1H3. The Kier molecular flexibility index (Phi) is 5.02. The summed E-state index contributed by atoms with van der Waals surface area (Å²) in [5, 5.41) is 12.8. The van der Waals surface area contributed by atoms with E-state index in [0.29, 0.717) is 6.54 Å². The zero-order valence-corrected chi connectivity index (χ0v) is 14.1. The fourth-order valence-corrected chi connectivity index (χ4v) is 3.15. The number of aryl methyl sites for hydroxylation is 1. The minimum absolute atomic E-state index is 0.239. The van der Waals surface area contributed by atoms with Crippen molar-refractivity contribution < 1.29 is 0 Å². The summed E-state index contributed by atoms with van der Waals surface area (Å²) in [6.45, 7) is 4.63. The van der Waals surface area contributed by atoms with Crippen molar-refractivity contribution >= 4 is 11.4 Å². The molecule has 4 heteroatoms. The number of nitrogens with one attached hydrogen (secondary N) is 1.